The van der Waals surface area contributed by atoms with E-state index in [9.17, 15) is 35.6 Å². The Hall–Kier alpha value is -3.93. The lowest BCUT2D eigenvalue weighted by Crippen LogP contribution is -2.53. The molecule has 0 bridgehead atoms. The van der Waals surface area contributed by atoms with Gasteiger partial charge in [-0.2, -0.15) is 13.2 Å². The molecule has 0 aromatic heterocycles. The molecule has 0 aliphatic heterocycles. The van der Waals surface area contributed by atoms with Crippen LogP contribution in [0.1, 0.15) is 16.7 Å². The van der Waals surface area contributed by atoms with E-state index in [1.54, 1.807) is 36.4 Å². The number of hydrogen-bond donors (Lipinski definition) is 1. The molecule has 0 aliphatic rings. The molecule has 0 unspecified atom stereocenters. The molecule has 0 saturated heterocycles. The van der Waals surface area contributed by atoms with E-state index in [1.807, 2.05) is 0 Å². The van der Waals surface area contributed by atoms with Gasteiger partial charge in [-0.15, -0.1) is 0 Å². The molecule has 0 aliphatic carbocycles. The lowest BCUT2D eigenvalue weighted by atomic mass is 10.0. The van der Waals surface area contributed by atoms with Crippen LogP contribution < -0.4 is 9.62 Å². The molecule has 3 aromatic rings. The van der Waals surface area contributed by atoms with Crippen LogP contribution in [-0.4, -0.2) is 51.0 Å². The van der Waals surface area contributed by atoms with Crippen molar-refractivity contribution in [3.63, 3.8) is 0 Å². The van der Waals surface area contributed by atoms with Crippen LogP contribution in [0.3, 0.4) is 0 Å². The number of benzene rings is 3. The van der Waals surface area contributed by atoms with Gasteiger partial charge in [0.25, 0.3) is 0 Å². The van der Waals surface area contributed by atoms with Gasteiger partial charge in [0.2, 0.25) is 21.8 Å². The summed E-state index contributed by atoms with van der Waals surface area (Å²) in [4.78, 5) is 27.7. The number of anilines is 1. The topological polar surface area (TPSA) is 86.8 Å². The smallest absolute Gasteiger partial charge is 0.357 e. The van der Waals surface area contributed by atoms with Gasteiger partial charge in [0.15, 0.2) is 0 Å². The fraction of sp³-hybridized carbons (Fsp3) is 0.259. The zero-order chi connectivity index (χ0) is 28.8. The first-order valence-electron chi connectivity index (χ1n) is 11.7. The first-order valence-corrected chi connectivity index (χ1v) is 13.6. The number of sulfonamides is 1. The lowest BCUT2D eigenvalue weighted by molar-refractivity contribution is -0.139. The summed E-state index contributed by atoms with van der Waals surface area (Å²) in [5, 5.41) is 2.48. The van der Waals surface area contributed by atoms with Crippen molar-refractivity contribution in [1.82, 2.24) is 10.2 Å². The van der Waals surface area contributed by atoms with Crippen molar-refractivity contribution in [3.05, 3.63) is 101 Å². The fourth-order valence-electron chi connectivity index (χ4n) is 3.98. The number of carbonyl (C=O) groups excluding carboxylic acids is 2. The van der Waals surface area contributed by atoms with Gasteiger partial charge in [0, 0.05) is 25.6 Å². The minimum absolute atomic E-state index is 0.0170. The zero-order valence-corrected chi connectivity index (χ0v) is 22.0. The first kappa shape index (κ1) is 29.6. The highest BCUT2D eigenvalue weighted by molar-refractivity contribution is 7.92. The van der Waals surface area contributed by atoms with Gasteiger partial charge in [0.05, 0.1) is 17.5 Å². The number of hydrogen-bond acceptors (Lipinski definition) is 4. The molecule has 39 heavy (non-hydrogen) atoms. The van der Waals surface area contributed by atoms with E-state index in [1.165, 1.54) is 25.2 Å². The second kappa shape index (κ2) is 12.3. The first-order chi connectivity index (χ1) is 18.3. The maximum absolute atomic E-state index is 14.6. The van der Waals surface area contributed by atoms with Crippen molar-refractivity contribution in [2.45, 2.75) is 25.2 Å². The van der Waals surface area contributed by atoms with Crippen LogP contribution in [0.15, 0.2) is 78.9 Å². The average molecular weight is 566 g/mol. The largest absolute Gasteiger partial charge is 0.416 e. The summed E-state index contributed by atoms with van der Waals surface area (Å²) in [7, 11) is -2.90. The van der Waals surface area contributed by atoms with Crippen LogP contribution in [-0.2, 0) is 38.8 Å². The molecular formula is C27H27F4N3O4S. The molecule has 3 rings (SSSR count). The van der Waals surface area contributed by atoms with Gasteiger partial charge in [-0.05, 0) is 29.8 Å². The number of amides is 2. The normalized spacial score (nSPS) is 12.5. The predicted molar refractivity (Wildman–Crippen MR) is 139 cm³/mol. The van der Waals surface area contributed by atoms with Crippen LogP contribution >= 0.6 is 0 Å². The molecule has 3 aromatic carbocycles. The quantitative estimate of drug-likeness (QED) is 0.377. The minimum atomic E-state index is -4.75. The SMILES string of the molecule is CNC(=O)[C@H](Cc1ccccc1)N(Cc1ccccc1F)C(=O)CN(c1cccc(C(F)(F)F)c1)S(C)(=O)=O. The predicted octanol–water partition coefficient (Wildman–Crippen LogP) is 4.00. The van der Waals surface area contributed by atoms with Gasteiger partial charge < -0.3 is 10.2 Å². The second-order valence-electron chi connectivity index (χ2n) is 8.75. The van der Waals surface area contributed by atoms with E-state index >= 15 is 0 Å². The molecule has 0 saturated carbocycles. The van der Waals surface area contributed by atoms with E-state index in [-0.39, 0.29) is 17.7 Å². The minimum Gasteiger partial charge on any atom is -0.357 e. The Morgan fingerprint density at radius 1 is 0.949 bits per heavy atom. The van der Waals surface area contributed by atoms with Crippen LogP contribution in [0.5, 0.6) is 0 Å². The highest BCUT2D eigenvalue weighted by atomic mass is 32.2. The molecule has 2 amide bonds. The van der Waals surface area contributed by atoms with Gasteiger partial charge in [-0.25, -0.2) is 12.8 Å². The van der Waals surface area contributed by atoms with Crippen LogP contribution in [0, 0.1) is 5.82 Å². The third-order valence-electron chi connectivity index (χ3n) is 5.96. The summed E-state index contributed by atoms with van der Waals surface area (Å²) < 4.78 is 80.4. The third kappa shape index (κ3) is 7.79. The molecule has 0 heterocycles. The molecule has 0 radical (unpaired) electrons. The number of likely N-dealkylation sites (N-methyl/N-ethyl adjacent to an activating group) is 1. The summed E-state index contributed by atoms with van der Waals surface area (Å²) in [6.07, 6.45) is -3.98. The van der Waals surface area contributed by atoms with Crippen molar-refractivity contribution < 1.29 is 35.6 Å². The van der Waals surface area contributed by atoms with Crippen molar-refractivity contribution in [3.8, 4) is 0 Å². The second-order valence-corrected chi connectivity index (χ2v) is 10.7. The molecule has 12 heteroatoms. The summed E-state index contributed by atoms with van der Waals surface area (Å²) in [6, 6.07) is 16.6. The average Bonchev–Trinajstić information content (AvgIpc) is 2.89. The number of nitrogens with one attached hydrogen (secondary N) is 1. The van der Waals surface area contributed by atoms with E-state index in [0.29, 0.717) is 15.9 Å². The highest BCUT2D eigenvalue weighted by Crippen LogP contribution is 2.32. The Labute approximate surface area is 224 Å². The molecule has 1 atom stereocenters. The Morgan fingerprint density at radius 2 is 1.59 bits per heavy atom. The number of nitrogens with zero attached hydrogens (tertiary/aromatic N) is 2. The van der Waals surface area contributed by atoms with Gasteiger partial charge in [-0.3, -0.25) is 13.9 Å². The fourth-order valence-corrected chi connectivity index (χ4v) is 4.82. The number of rotatable bonds is 10. The molecule has 208 valence electrons. The molecule has 1 N–H and O–H groups in total. The Bertz CT molecular complexity index is 1420. The van der Waals surface area contributed by atoms with E-state index in [0.717, 1.165) is 29.4 Å². The van der Waals surface area contributed by atoms with Crippen molar-refractivity contribution >= 4 is 27.5 Å². The Morgan fingerprint density at radius 3 is 2.18 bits per heavy atom. The van der Waals surface area contributed by atoms with Crippen molar-refractivity contribution in [2.75, 3.05) is 24.2 Å². The maximum Gasteiger partial charge on any atom is 0.416 e. The summed E-state index contributed by atoms with van der Waals surface area (Å²) in [5.41, 5.74) is -0.740. The lowest BCUT2D eigenvalue weighted by Gasteiger charge is -2.33. The molecular weight excluding hydrogens is 538 g/mol. The van der Waals surface area contributed by atoms with E-state index in [2.05, 4.69) is 5.32 Å². The van der Waals surface area contributed by atoms with Crippen molar-refractivity contribution in [1.29, 1.82) is 0 Å². The summed E-state index contributed by atoms with van der Waals surface area (Å²) >= 11 is 0. The van der Waals surface area contributed by atoms with E-state index in [4.69, 9.17) is 0 Å². The molecule has 0 spiro atoms. The standard InChI is InChI=1S/C27H27F4N3O4S/c1-32-26(36)24(15-19-9-4-3-5-10-19)33(17-20-11-6-7-14-23(20)28)25(35)18-34(39(2,37)38)22-13-8-12-21(16-22)27(29,30)31/h3-14,16,24H,15,17-18H2,1-2H3,(H,32,36)/t24-/m0/s1. The molecule has 7 nitrogen and oxygen atoms in total. The zero-order valence-electron chi connectivity index (χ0n) is 21.2. The van der Waals surface area contributed by atoms with Crippen LogP contribution in [0.25, 0.3) is 0 Å². The summed E-state index contributed by atoms with van der Waals surface area (Å²) in [6.45, 7) is -1.31. The molecule has 0 fully saturated rings. The van der Waals surface area contributed by atoms with Gasteiger partial charge in [0.1, 0.15) is 18.4 Å². The monoisotopic (exact) mass is 565 g/mol. The number of alkyl halides is 3. The third-order valence-corrected chi connectivity index (χ3v) is 7.10. The van der Waals surface area contributed by atoms with Crippen LogP contribution in [0.4, 0.5) is 23.2 Å². The van der Waals surface area contributed by atoms with Gasteiger partial charge in [-0.1, -0.05) is 54.6 Å². The van der Waals surface area contributed by atoms with Gasteiger partial charge >= 0.3 is 6.18 Å². The maximum atomic E-state index is 14.6. The van der Waals surface area contributed by atoms with E-state index < -0.39 is 58.5 Å². The van der Waals surface area contributed by atoms with Crippen molar-refractivity contribution in [2.24, 2.45) is 0 Å². The Balaban J connectivity index is 2.06. The number of halogens is 4. The number of carbonyl (C=O) groups is 2. The summed E-state index contributed by atoms with van der Waals surface area (Å²) in [5.74, 6) is -2.15. The highest BCUT2D eigenvalue weighted by Gasteiger charge is 2.35. The Kier molecular flexibility index (Phi) is 9.33. The van der Waals surface area contributed by atoms with Crippen LogP contribution in [0.2, 0.25) is 0 Å².